The van der Waals surface area contributed by atoms with Crippen molar-refractivity contribution < 1.29 is 22.7 Å². The maximum Gasteiger partial charge on any atom is 0.416 e. The van der Waals surface area contributed by atoms with Gasteiger partial charge in [-0.3, -0.25) is 9.78 Å². The van der Waals surface area contributed by atoms with Crippen LogP contribution in [0.25, 0.3) is 10.9 Å². The van der Waals surface area contributed by atoms with Crippen LogP contribution in [-0.2, 0) is 15.7 Å². The van der Waals surface area contributed by atoms with Gasteiger partial charge in [-0.25, -0.2) is 0 Å². The van der Waals surface area contributed by atoms with Gasteiger partial charge in [-0.15, -0.1) is 0 Å². The Kier molecular flexibility index (Phi) is 4.22. The van der Waals surface area contributed by atoms with Gasteiger partial charge in [0.1, 0.15) is 0 Å². The van der Waals surface area contributed by atoms with Crippen molar-refractivity contribution in [3.05, 3.63) is 36.0 Å². The molecule has 2 aliphatic rings. The normalized spacial score (nSPS) is 18.9. The van der Waals surface area contributed by atoms with Gasteiger partial charge >= 0.3 is 6.18 Å². The van der Waals surface area contributed by atoms with Crippen LogP contribution in [0, 0.1) is 5.92 Å². The lowest BCUT2D eigenvalue weighted by molar-refractivity contribution is -0.140. The number of amides is 1. The molecule has 3 heterocycles. The van der Waals surface area contributed by atoms with Gasteiger partial charge in [-0.2, -0.15) is 13.2 Å². The average molecular weight is 365 g/mol. The third kappa shape index (κ3) is 3.09. The maximum atomic E-state index is 12.9. The number of hydrogen-bond acceptors (Lipinski definition) is 4. The minimum absolute atomic E-state index is 0.0780. The summed E-state index contributed by atoms with van der Waals surface area (Å²) in [6.45, 7) is 3.51. The third-order valence-corrected chi connectivity index (χ3v) is 4.94. The van der Waals surface area contributed by atoms with E-state index in [1.54, 1.807) is 6.07 Å². The number of pyridine rings is 1. The molecule has 0 aliphatic carbocycles. The SMILES string of the molecule is O=C(C1CN(c2ccnc3cc(C(F)(F)F)ccc23)C1)N1CCOCC1. The van der Waals surface area contributed by atoms with Gasteiger partial charge in [0.05, 0.1) is 30.2 Å². The van der Waals surface area contributed by atoms with Gasteiger partial charge in [-0.05, 0) is 18.2 Å². The van der Waals surface area contributed by atoms with Crippen molar-refractivity contribution in [1.29, 1.82) is 0 Å². The Morgan fingerprint density at radius 3 is 2.58 bits per heavy atom. The standard InChI is InChI=1S/C18H18F3N3O2/c19-18(20,21)13-1-2-14-15(9-13)22-4-3-16(14)24-10-12(11-24)17(25)23-5-7-26-8-6-23/h1-4,9,12H,5-8,10-11H2. The number of morpholine rings is 1. The van der Waals surface area contributed by atoms with Crippen LogP contribution >= 0.6 is 0 Å². The minimum Gasteiger partial charge on any atom is -0.378 e. The Morgan fingerprint density at radius 2 is 1.88 bits per heavy atom. The highest BCUT2D eigenvalue weighted by Crippen LogP contribution is 2.35. The number of rotatable bonds is 2. The van der Waals surface area contributed by atoms with Crippen molar-refractivity contribution in [3.63, 3.8) is 0 Å². The van der Waals surface area contributed by atoms with Gasteiger partial charge < -0.3 is 14.5 Å². The molecule has 2 saturated heterocycles. The fourth-order valence-electron chi connectivity index (χ4n) is 3.46. The second kappa shape index (κ2) is 6.42. The maximum absolute atomic E-state index is 12.9. The van der Waals surface area contributed by atoms with E-state index in [1.807, 2.05) is 9.80 Å². The lowest BCUT2D eigenvalue weighted by Crippen LogP contribution is -2.56. The lowest BCUT2D eigenvalue weighted by Gasteiger charge is -2.43. The molecular weight excluding hydrogens is 347 g/mol. The molecule has 26 heavy (non-hydrogen) atoms. The Bertz CT molecular complexity index is 828. The first-order chi connectivity index (χ1) is 12.4. The number of carbonyl (C=O) groups excluding carboxylic acids is 1. The van der Waals surface area contributed by atoms with Crippen LogP contribution in [0.15, 0.2) is 30.5 Å². The molecule has 5 nitrogen and oxygen atoms in total. The second-order valence-electron chi connectivity index (χ2n) is 6.60. The summed E-state index contributed by atoms with van der Waals surface area (Å²) in [4.78, 5) is 20.4. The van der Waals surface area contributed by atoms with E-state index in [2.05, 4.69) is 4.98 Å². The number of aromatic nitrogens is 1. The van der Waals surface area contributed by atoms with Crippen LogP contribution < -0.4 is 4.90 Å². The van der Waals surface area contributed by atoms with E-state index < -0.39 is 11.7 Å². The Labute approximate surface area is 148 Å². The molecule has 138 valence electrons. The molecule has 0 atom stereocenters. The molecule has 4 rings (SSSR count). The molecular formula is C18H18F3N3O2. The zero-order valence-corrected chi connectivity index (χ0v) is 14.0. The molecule has 0 saturated carbocycles. The molecule has 8 heteroatoms. The predicted octanol–water partition coefficient (Wildman–Crippen LogP) is 2.55. The summed E-state index contributed by atoms with van der Waals surface area (Å²) < 4.78 is 43.9. The topological polar surface area (TPSA) is 45.7 Å². The van der Waals surface area contributed by atoms with Crippen molar-refractivity contribution in [2.24, 2.45) is 5.92 Å². The van der Waals surface area contributed by atoms with Gasteiger partial charge in [-0.1, -0.05) is 6.07 Å². The van der Waals surface area contributed by atoms with E-state index in [-0.39, 0.29) is 11.8 Å². The van der Waals surface area contributed by atoms with E-state index in [9.17, 15) is 18.0 Å². The van der Waals surface area contributed by atoms with Gasteiger partial charge in [0, 0.05) is 43.4 Å². The summed E-state index contributed by atoms with van der Waals surface area (Å²) in [6, 6.07) is 5.38. The van der Waals surface area contributed by atoms with Crippen LogP contribution in [0.4, 0.5) is 18.9 Å². The molecule has 2 aromatic rings. The number of halogens is 3. The lowest BCUT2D eigenvalue weighted by atomic mass is 9.96. The van der Waals surface area contributed by atoms with Crippen molar-refractivity contribution in [3.8, 4) is 0 Å². The van der Waals surface area contributed by atoms with Gasteiger partial charge in [0.2, 0.25) is 5.91 Å². The number of ether oxygens (including phenoxy) is 1. The van der Waals surface area contributed by atoms with E-state index in [4.69, 9.17) is 4.74 Å². The molecule has 2 fully saturated rings. The van der Waals surface area contributed by atoms with E-state index >= 15 is 0 Å². The van der Waals surface area contributed by atoms with Crippen molar-refractivity contribution >= 4 is 22.5 Å². The Balaban J connectivity index is 1.51. The molecule has 0 spiro atoms. The molecule has 1 aromatic heterocycles. The first-order valence-corrected chi connectivity index (χ1v) is 8.51. The van der Waals surface area contributed by atoms with Crippen molar-refractivity contribution in [2.75, 3.05) is 44.3 Å². The predicted molar refractivity (Wildman–Crippen MR) is 89.8 cm³/mol. The third-order valence-electron chi connectivity index (χ3n) is 4.94. The smallest absolute Gasteiger partial charge is 0.378 e. The molecule has 0 bridgehead atoms. The number of alkyl halides is 3. The van der Waals surface area contributed by atoms with E-state index in [0.29, 0.717) is 50.3 Å². The highest BCUT2D eigenvalue weighted by Gasteiger charge is 2.37. The number of benzene rings is 1. The summed E-state index contributed by atoms with van der Waals surface area (Å²) >= 11 is 0. The monoisotopic (exact) mass is 365 g/mol. The first kappa shape index (κ1) is 17.1. The fourth-order valence-corrected chi connectivity index (χ4v) is 3.46. The molecule has 2 aliphatic heterocycles. The number of nitrogens with zero attached hydrogens (tertiary/aromatic N) is 3. The summed E-state index contributed by atoms with van der Waals surface area (Å²) in [5, 5.41) is 0.665. The minimum atomic E-state index is -4.39. The van der Waals surface area contributed by atoms with Gasteiger partial charge in [0.25, 0.3) is 0 Å². The van der Waals surface area contributed by atoms with Crippen molar-refractivity contribution in [1.82, 2.24) is 9.88 Å². The van der Waals surface area contributed by atoms with Crippen LogP contribution in [-0.4, -0.2) is 55.2 Å². The number of hydrogen-bond donors (Lipinski definition) is 0. The zero-order chi connectivity index (χ0) is 18.3. The fraction of sp³-hybridized carbons (Fsp3) is 0.444. The van der Waals surface area contributed by atoms with Crippen molar-refractivity contribution in [2.45, 2.75) is 6.18 Å². The Morgan fingerprint density at radius 1 is 1.15 bits per heavy atom. The molecule has 0 N–H and O–H groups in total. The zero-order valence-electron chi connectivity index (χ0n) is 14.0. The highest BCUT2D eigenvalue weighted by atomic mass is 19.4. The van der Waals surface area contributed by atoms with Gasteiger partial charge in [0.15, 0.2) is 0 Å². The largest absolute Gasteiger partial charge is 0.416 e. The molecule has 1 amide bonds. The second-order valence-corrected chi connectivity index (χ2v) is 6.60. The van der Waals surface area contributed by atoms with Crippen LogP contribution in [0.5, 0.6) is 0 Å². The molecule has 0 unspecified atom stereocenters. The molecule has 0 radical (unpaired) electrons. The number of fused-ring (bicyclic) bond motifs is 1. The average Bonchev–Trinajstić information content (AvgIpc) is 2.60. The number of anilines is 1. The first-order valence-electron chi connectivity index (χ1n) is 8.51. The van der Waals surface area contributed by atoms with Crippen LogP contribution in [0.2, 0.25) is 0 Å². The van der Waals surface area contributed by atoms with Crippen LogP contribution in [0.1, 0.15) is 5.56 Å². The number of carbonyl (C=O) groups is 1. The quantitative estimate of drug-likeness (QED) is 0.821. The summed E-state index contributed by atoms with van der Waals surface area (Å²) in [5.41, 5.74) is 0.411. The summed E-state index contributed by atoms with van der Waals surface area (Å²) in [7, 11) is 0. The summed E-state index contributed by atoms with van der Waals surface area (Å²) in [6.07, 6.45) is -2.88. The van der Waals surface area contributed by atoms with E-state index in [0.717, 1.165) is 17.8 Å². The summed E-state index contributed by atoms with van der Waals surface area (Å²) in [5.74, 6) is 0.0491. The Hall–Kier alpha value is -2.35. The van der Waals surface area contributed by atoms with E-state index in [1.165, 1.54) is 12.3 Å². The van der Waals surface area contributed by atoms with Crippen LogP contribution in [0.3, 0.4) is 0 Å². The molecule has 1 aromatic carbocycles. The highest BCUT2D eigenvalue weighted by molar-refractivity contribution is 5.93.